The number of rotatable bonds is 7. The molecule has 1 aliphatic heterocycles. The van der Waals surface area contributed by atoms with E-state index in [4.69, 9.17) is 9.84 Å². The van der Waals surface area contributed by atoms with Gasteiger partial charge in [-0.3, -0.25) is 14.4 Å². The van der Waals surface area contributed by atoms with Gasteiger partial charge in [-0.15, -0.1) is 0 Å². The van der Waals surface area contributed by atoms with E-state index in [-0.39, 0.29) is 12.0 Å². The van der Waals surface area contributed by atoms with Crippen LogP contribution in [0.2, 0.25) is 0 Å². The van der Waals surface area contributed by atoms with Crippen LogP contribution in [0.3, 0.4) is 0 Å². The summed E-state index contributed by atoms with van der Waals surface area (Å²) in [5, 5.41) is 7.65. The van der Waals surface area contributed by atoms with Crippen LogP contribution in [0.5, 0.6) is 0 Å². The van der Waals surface area contributed by atoms with Gasteiger partial charge in [-0.1, -0.05) is 66.7 Å². The van der Waals surface area contributed by atoms with E-state index >= 15 is 0 Å². The molecule has 0 radical (unpaired) electrons. The molecular formula is C28H24N4O3. The van der Waals surface area contributed by atoms with E-state index in [9.17, 15) is 9.59 Å². The highest BCUT2D eigenvalue weighted by molar-refractivity contribution is 6.03. The second-order valence-corrected chi connectivity index (χ2v) is 8.12. The van der Waals surface area contributed by atoms with Gasteiger partial charge >= 0.3 is 6.09 Å². The first-order valence-electron chi connectivity index (χ1n) is 11.4. The SMILES string of the molecule is O=C(/C=C/c1cn(Cc2ccccc2)nc1-c1ccccc1)Nc1cccc(N2CCOC2=O)c1. The van der Waals surface area contributed by atoms with Gasteiger partial charge < -0.3 is 10.1 Å². The summed E-state index contributed by atoms with van der Waals surface area (Å²) in [5.74, 6) is -0.277. The quantitative estimate of drug-likeness (QED) is 0.381. The van der Waals surface area contributed by atoms with Crippen molar-refractivity contribution in [2.45, 2.75) is 6.54 Å². The van der Waals surface area contributed by atoms with Gasteiger partial charge in [0.2, 0.25) is 5.91 Å². The van der Waals surface area contributed by atoms with Crippen molar-refractivity contribution in [3.8, 4) is 11.3 Å². The van der Waals surface area contributed by atoms with E-state index in [0.717, 1.165) is 22.4 Å². The molecule has 3 aromatic carbocycles. The second kappa shape index (κ2) is 10.1. The zero-order chi connectivity index (χ0) is 24.0. The molecule has 1 saturated heterocycles. The maximum absolute atomic E-state index is 12.7. The summed E-state index contributed by atoms with van der Waals surface area (Å²) >= 11 is 0. The lowest BCUT2D eigenvalue weighted by molar-refractivity contribution is -0.111. The third kappa shape index (κ3) is 5.30. The van der Waals surface area contributed by atoms with Crippen molar-refractivity contribution in [1.82, 2.24) is 9.78 Å². The van der Waals surface area contributed by atoms with Crippen molar-refractivity contribution in [2.75, 3.05) is 23.4 Å². The highest BCUT2D eigenvalue weighted by Gasteiger charge is 2.23. The number of aromatic nitrogens is 2. The molecule has 0 aliphatic carbocycles. The Balaban J connectivity index is 1.35. The lowest BCUT2D eigenvalue weighted by Gasteiger charge is -2.13. The molecule has 0 saturated carbocycles. The van der Waals surface area contributed by atoms with Crippen molar-refractivity contribution in [2.24, 2.45) is 0 Å². The predicted molar refractivity (Wildman–Crippen MR) is 136 cm³/mol. The lowest BCUT2D eigenvalue weighted by Crippen LogP contribution is -2.23. The fraction of sp³-hybridized carbons (Fsp3) is 0.107. The van der Waals surface area contributed by atoms with Crippen molar-refractivity contribution < 1.29 is 14.3 Å². The van der Waals surface area contributed by atoms with Gasteiger partial charge in [0, 0.05) is 34.8 Å². The van der Waals surface area contributed by atoms with Gasteiger partial charge in [-0.25, -0.2) is 4.79 Å². The molecule has 35 heavy (non-hydrogen) atoms. The summed E-state index contributed by atoms with van der Waals surface area (Å²) < 4.78 is 6.88. The molecule has 0 bridgehead atoms. The average Bonchev–Trinajstić information content (AvgIpc) is 3.50. The van der Waals surface area contributed by atoms with Crippen LogP contribution in [0.15, 0.2) is 97.2 Å². The van der Waals surface area contributed by atoms with Gasteiger partial charge in [-0.05, 0) is 29.8 Å². The maximum Gasteiger partial charge on any atom is 0.414 e. The van der Waals surface area contributed by atoms with Crippen molar-refractivity contribution in [3.05, 3.63) is 108 Å². The van der Waals surface area contributed by atoms with E-state index in [1.807, 2.05) is 65.5 Å². The van der Waals surface area contributed by atoms with Gasteiger partial charge in [0.1, 0.15) is 6.61 Å². The molecule has 0 unspecified atom stereocenters. The minimum Gasteiger partial charge on any atom is -0.447 e. The number of carbonyl (C=O) groups excluding carboxylic acids is 2. The minimum absolute atomic E-state index is 0.277. The molecule has 1 aliphatic rings. The fourth-order valence-electron chi connectivity index (χ4n) is 3.96. The number of carbonyl (C=O) groups is 2. The second-order valence-electron chi connectivity index (χ2n) is 8.12. The molecule has 7 nitrogen and oxygen atoms in total. The summed E-state index contributed by atoms with van der Waals surface area (Å²) in [6, 6.07) is 27.2. The predicted octanol–water partition coefficient (Wildman–Crippen LogP) is 5.21. The number of nitrogens with one attached hydrogen (secondary N) is 1. The van der Waals surface area contributed by atoms with Crippen LogP contribution in [0.25, 0.3) is 17.3 Å². The zero-order valence-corrected chi connectivity index (χ0v) is 19.0. The summed E-state index contributed by atoms with van der Waals surface area (Å²) in [5.41, 5.74) is 5.05. The van der Waals surface area contributed by atoms with Gasteiger partial charge in [-0.2, -0.15) is 5.10 Å². The maximum atomic E-state index is 12.7. The molecule has 0 atom stereocenters. The van der Waals surface area contributed by atoms with E-state index in [2.05, 4.69) is 17.4 Å². The minimum atomic E-state index is -0.380. The highest BCUT2D eigenvalue weighted by atomic mass is 16.6. The first-order chi connectivity index (χ1) is 17.2. The molecule has 4 aromatic rings. The smallest absolute Gasteiger partial charge is 0.414 e. The third-order valence-corrected chi connectivity index (χ3v) is 5.63. The van der Waals surface area contributed by atoms with Gasteiger partial charge in [0.05, 0.1) is 18.8 Å². The topological polar surface area (TPSA) is 76.5 Å². The average molecular weight is 465 g/mol. The van der Waals surface area contributed by atoms with E-state index in [1.165, 1.54) is 6.08 Å². The molecule has 1 N–H and O–H groups in total. The van der Waals surface area contributed by atoms with E-state index in [0.29, 0.717) is 31.1 Å². The van der Waals surface area contributed by atoms with Crippen LogP contribution in [0.1, 0.15) is 11.1 Å². The number of ether oxygens (including phenoxy) is 1. The van der Waals surface area contributed by atoms with Crippen LogP contribution in [0.4, 0.5) is 16.2 Å². The number of nitrogens with zero attached hydrogens (tertiary/aromatic N) is 3. The monoisotopic (exact) mass is 464 g/mol. The van der Waals surface area contributed by atoms with Crippen molar-refractivity contribution >= 4 is 29.5 Å². The number of amides is 2. The number of hydrogen-bond acceptors (Lipinski definition) is 4. The molecule has 2 heterocycles. The Morgan fingerprint density at radius 1 is 1.00 bits per heavy atom. The summed E-state index contributed by atoms with van der Waals surface area (Å²) in [6.07, 6.45) is 4.83. The van der Waals surface area contributed by atoms with Crippen LogP contribution >= 0.6 is 0 Å². The van der Waals surface area contributed by atoms with Crippen molar-refractivity contribution in [3.63, 3.8) is 0 Å². The van der Waals surface area contributed by atoms with Crippen molar-refractivity contribution in [1.29, 1.82) is 0 Å². The first-order valence-corrected chi connectivity index (χ1v) is 11.4. The molecule has 0 spiro atoms. The van der Waals surface area contributed by atoms with Crippen LogP contribution in [-0.2, 0) is 16.1 Å². The standard InChI is InChI=1S/C28H24N4O3/c33-26(29-24-12-7-13-25(18-24)32-16-17-35-28(32)34)15-14-23-20-31(19-21-8-3-1-4-9-21)30-27(23)22-10-5-2-6-11-22/h1-15,18,20H,16-17,19H2,(H,29,33)/b15-14+. The molecule has 5 rings (SSSR count). The van der Waals surface area contributed by atoms with Crippen LogP contribution in [-0.4, -0.2) is 34.9 Å². The number of hydrogen-bond donors (Lipinski definition) is 1. The summed E-state index contributed by atoms with van der Waals surface area (Å²) in [7, 11) is 0. The first kappa shape index (κ1) is 22.2. The lowest BCUT2D eigenvalue weighted by atomic mass is 10.1. The Morgan fingerprint density at radius 2 is 1.77 bits per heavy atom. The molecule has 174 valence electrons. The molecule has 1 fully saturated rings. The fourth-order valence-corrected chi connectivity index (χ4v) is 3.96. The molecule has 2 amide bonds. The van der Waals surface area contributed by atoms with E-state index < -0.39 is 0 Å². The largest absolute Gasteiger partial charge is 0.447 e. The number of benzene rings is 3. The summed E-state index contributed by atoms with van der Waals surface area (Å²) in [6.45, 7) is 1.48. The molecule has 1 aromatic heterocycles. The Hall–Kier alpha value is -4.65. The number of anilines is 2. The Morgan fingerprint density at radius 3 is 2.51 bits per heavy atom. The van der Waals surface area contributed by atoms with Gasteiger partial charge in [0.25, 0.3) is 0 Å². The summed E-state index contributed by atoms with van der Waals surface area (Å²) in [4.78, 5) is 26.1. The third-order valence-electron chi connectivity index (χ3n) is 5.63. The van der Waals surface area contributed by atoms with Gasteiger partial charge in [0.15, 0.2) is 0 Å². The van der Waals surface area contributed by atoms with Crippen LogP contribution < -0.4 is 10.2 Å². The molecular weight excluding hydrogens is 440 g/mol. The Labute approximate surface area is 203 Å². The van der Waals surface area contributed by atoms with E-state index in [1.54, 1.807) is 29.2 Å². The van der Waals surface area contributed by atoms with Crippen LogP contribution in [0, 0.1) is 0 Å². The Bertz CT molecular complexity index is 1360. The number of cyclic esters (lactones) is 1. The molecule has 7 heteroatoms. The zero-order valence-electron chi connectivity index (χ0n) is 19.0. The normalized spacial score (nSPS) is 13.3. The Kier molecular flexibility index (Phi) is 6.39. The highest BCUT2D eigenvalue weighted by Crippen LogP contribution is 2.25.